The van der Waals surface area contributed by atoms with E-state index < -0.39 is 17.7 Å². The average Bonchev–Trinajstić information content (AvgIpc) is 2.36. The highest BCUT2D eigenvalue weighted by molar-refractivity contribution is 8.07. The van der Waals surface area contributed by atoms with E-state index in [1.54, 1.807) is 23.5 Å². The molecule has 3 unspecified atom stereocenters. The second-order valence-electron chi connectivity index (χ2n) is 4.46. The highest BCUT2D eigenvalue weighted by Gasteiger charge is 2.32. The van der Waals surface area contributed by atoms with Gasteiger partial charge >= 0.3 is 0 Å². The predicted octanol–water partition coefficient (Wildman–Crippen LogP) is 3.54. The fourth-order valence-corrected chi connectivity index (χ4v) is 4.89. The molecular weight excluding hydrogens is 274 g/mol. The molecule has 1 aromatic rings. The topological polar surface area (TPSA) is 20.2 Å². The number of aliphatic hydroxyl groups is 1. The monoisotopic (exact) mass is 290 g/mol. The average molecular weight is 290 g/mol. The highest BCUT2D eigenvalue weighted by atomic mass is 32.2. The maximum Gasteiger partial charge on any atom is 0.164 e. The normalized spacial score (nSPS) is 26.1. The van der Waals surface area contributed by atoms with Crippen molar-refractivity contribution in [3.05, 3.63) is 34.9 Å². The van der Waals surface area contributed by atoms with Gasteiger partial charge in [0, 0.05) is 27.6 Å². The number of aliphatic hydroxyl groups excluding tert-OH is 1. The molecule has 18 heavy (non-hydrogen) atoms. The largest absolute Gasteiger partial charge is 0.387 e. The first-order valence-electron chi connectivity index (χ1n) is 5.88. The Morgan fingerprint density at radius 1 is 1.22 bits per heavy atom. The molecule has 0 bridgehead atoms. The van der Waals surface area contributed by atoms with Crippen molar-refractivity contribution in [1.29, 1.82) is 0 Å². The first-order valence-corrected chi connectivity index (χ1v) is 7.98. The van der Waals surface area contributed by atoms with Crippen molar-refractivity contribution in [3.63, 3.8) is 0 Å². The number of hydrogen-bond donors (Lipinski definition) is 1. The van der Waals surface area contributed by atoms with Gasteiger partial charge in [0.25, 0.3) is 0 Å². The zero-order valence-electron chi connectivity index (χ0n) is 10.3. The SMILES string of the molecule is Cc1ccc(C(O)C2SCCSC2C)c(F)c1F. The van der Waals surface area contributed by atoms with Crippen LogP contribution in [0.15, 0.2) is 12.1 Å². The summed E-state index contributed by atoms with van der Waals surface area (Å²) >= 11 is 3.40. The lowest BCUT2D eigenvalue weighted by atomic mass is 10.0. The zero-order chi connectivity index (χ0) is 13.3. The number of hydrogen-bond acceptors (Lipinski definition) is 3. The maximum absolute atomic E-state index is 13.8. The minimum atomic E-state index is -0.951. The molecule has 1 N–H and O–H groups in total. The third-order valence-corrected chi connectivity index (χ3v) is 6.35. The molecule has 5 heteroatoms. The van der Waals surface area contributed by atoms with Crippen LogP contribution in [-0.4, -0.2) is 27.1 Å². The molecule has 0 radical (unpaired) electrons. The van der Waals surface area contributed by atoms with Crippen LogP contribution in [0.1, 0.15) is 24.2 Å². The Hall–Kier alpha value is -0.260. The Bertz CT molecular complexity index is 439. The molecule has 0 aromatic heterocycles. The van der Waals surface area contributed by atoms with Gasteiger partial charge in [-0.1, -0.05) is 19.1 Å². The third kappa shape index (κ3) is 2.68. The molecule has 1 saturated heterocycles. The molecule has 1 nitrogen and oxygen atoms in total. The summed E-state index contributed by atoms with van der Waals surface area (Å²) in [6, 6.07) is 3.01. The van der Waals surface area contributed by atoms with Gasteiger partial charge in [-0.25, -0.2) is 8.78 Å². The van der Waals surface area contributed by atoms with Crippen LogP contribution in [0.3, 0.4) is 0 Å². The molecule has 1 aliphatic heterocycles. The molecule has 3 atom stereocenters. The molecule has 0 saturated carbocycles. The molecule has 1 aromatic carbocycles. The van der Waals surface area contributed by atoms with E-state index in [-0.39, 0.29) is 21.6 Å². The van der Waals surface area contributed by atoms with Crippen LogP contribution in [0, 0.1) is 18.6 Å². The van der Waals surface area contributed by atoms with Crippen LogP contribution in [0.4, 0.5) is 8.78 Å². The number of halogens is 2. The van der Waals surface area contributed by atoms with Crippen molar-refractivity contribution in [3.8, 4) is 0 Å². The van der Waals surface area contributed by atoms with E-state index in [1.807, 2.05) is 6.92 Å². The lowest BCUT2D eigenvalue weighted by Crippen LogP contribution is -2.30. The van der Waals surface area contributed by atoms with Crippen molar-refractivity contribution in [2.75, 3.05) is 11.5 Å². The van der Waals surface area contributed by atoms with Gasteiger partial charge in [0.1, 0.15) is 0 Å². The maximum atomic E-state index is 13.8. The Labute approximate surface area is 114 Å². The van der Waals surface area contributed by atoms with E-state index in [9.17, 15) is 13.9 Å². The van der Waals surface area contributed by atoms with Crippen molar-refractivity contribution in [1.82, 2.24) is 0 Å². The Morgan fingerprint density at radius 3 is 2.56 bits per heavy atom. The van der Waals surface area contributed by atoms with Gasteiger partial charge in [-0.05, 0) is 12.5 Å². The van der Waals surface area contributed by atoms with Crippen molar-refractivity contribution in [2.24, 2.45) is 0 Å². The molecular formula is C13H16F2OS2. The van der Waals surface area contributed by atoms with Gasteiger partial charge in [0.15, 0.2) is 11.6 Å². The lowest BCUT2D eigenvalue weighted by Gasteiger charge is -2.32. The van der Waals surface area contributed by atoms with Gasteiger partial charge in [-0.3, -0.25) is 0 Å². The van der Waals surface area contributed by atoms with Crippen molar-refractivity contribution >= 4 is 23.5 Å². The minimum Gasteiger partial charge on any atom is -0.387 e. The van der Waals surface area contributed by atoms with Crippen LogP contribution in [0.25, 0.3) is 0 Å². The number of thioether (sulfide) groups is 2. The van der Waals surface area contributed by atoms with Gasteiger partial charge in [-0.2, -0.15) is 23.5 Å². The summed E-state index contributed by atoms with van der Waals surface area (Å²) in [7, 11) is 0. The van der Waals surface area contributed by atoms with E-state index in [1.165, 1.54) is 19.1 Å². The van der Waals surface area contributed by atoms with Crippen LogP contribution < -0.4 is 0 Å². The Kier molecular flexibility index (Phi) is 4.56. The molecule has 1 heterocycles. The summed E-state index contributed by atoms with van der Waals surface area (Å²) in [4.78, 5) is 0. The third-order valence-electron chi connectivity index (χ3n) is 3.17. The molecule has 0 spiro atoms. The summed E-state index contributed by atoms with van der Waals surface area (Å²) < 4.78 is 27.4. The van der Waals surface area contributed by atoms with Crippen molar-refractivity contribution < 1.29 is 13.9 Å². The van der Waals surface area contributed by atoms with Crippen molar-refractivity contribution in [2.45, 2.75) is 30.5 Å². The molecule has 0 amide bonds. The summed E-state index contributed by atoms with van der Waals surface area (Å²) in [5.41, 5.74) is 0.340. The minimum absolute atomic E-state index is 0.0740. The molecule has 100 valence electrons. The van der Waals surface area contributed by atoms with Crippen LogP contribution in [-0.2, 0) is 0 Å². The second kappa shape index (κ2) is 5.80. The number of rotatable bonds is 2. The van der Waals surface area contributed by atoms with E-state index in [2.05, 4.69) is 0 Å². The van der Waals surface area contributed by atoms with E-state index >= 15 is 0 Å². The number of benzene rings is 1. The summed E-state index contributed by atoms with van der Waals surface area (Å²) in [5.74, 6) is 0.213. The predicted molar refractivity (Wildman–Crippen MR) is 74.2 cm³/mol. The first kappa shape index (κ1) is 14.2. The quantitative estimate of drug-likeness (QED) is 0.899. The Balaban J connectivity index is 2.28. The molecule has 1 fully saturated rings. The van der Waals surface area contributed by atoms with Gasteiger partial charge in [0.2, 0.25) is 0 Å². The van der Waals surface area contributed by atoms with Gasteiger partial charge in [0.05, 0.1) is 6.10 Å². The fourth-order valence-electron chi connectivity index (χ4n) is 2.06. The van der Waals surface area contributed by atoms with Crippen LogP contribution in [0.2, 0.25) is 0 Å². The summed E-state index contributed by atoms with van der Waals surface area (Å²) in [6.07, 6.45) is -0.951. The van der Waals surface area contributed by atoms with E-state index in [0.29, 0.717) is 0 Å². The Morgan fingerprint density at radius 2 is 1.89 bits per heavy atom. The summed E-state index contributed by atoms with van der Waals surface area (Å²) in [5, 5.41) is 10.4. The molecule has 1 aliphatic rings. The van der Waals surface area contributed by atoms with E-state index in [4.69, 9.17) is 0 Å². The molecule has 2 rings (SSSR count). The molecule has 0 aliphatic carbocycles. The first-order chi connectivity index (χ1) is 8.52. The van der Waals surface area contributed by atoms with E-state index in [0.717, 1.165) is 11.5 Å². The fraction of sp³-hybridized carbons (Fsp3) is 0.538. The standard InChI is InChI=1S/C13H16F2OS2/c1-7-3-4-9(11(15)10(7)14)12(16)13-8(2)17-5-6-18-13/h3-4,8,12-13,16H,5-6H2,1-2H3. The second-order valence-corrected chi connectivity index (χ2v) is 7.23. The smallest absolute Gasteiger partial charge is 0.164 e. The summed E-state index contributed by atoms with van der Waals surface area (Å²) in [6.45, 7) is 3.54. The lowest BCUT2D eigenvalue weighted by molar-refractivity contribution is 0.168. The van der Waals surface area contributed by atoms with Crippen LogP contribution in [0.5, 0.6) is 0 Å². The van der Waals surface area contributed by atoms with Gasteiger partial charge in [-0.15, -0.1) is 0 Å². The highest BCUT2D eigenvalue weighted by Crippen LogP contribution is 2.39. The van der Waals surface area contributed by atoms with Crippen LogP contribution >= 0.6 is 23.5 Å². The zero-order valence-corrected chi connectivity index (χ0v) is 12.0. The van der Waals surface area contributed by atoms with Gasteiger partial charge < -0.3 is 5.11 Å². The number of aryl methyl sites for hydroxylation is 1.